The molecule has 0 aliphatic carbocycles. The van der Waals surface area contributed by atoms with Crippen molar-refractivity contribution < 1.29 is 19.0 Å². The molecule has 0 unspecified atom stereocenters. The molecular weight excluding hydrogens is 454 g/mol. The van der Waals surface area contributed by atoms with Crippen LogP contribution in [-0.4, -0.2) is 30.6 Å². The highest BCUT2D eigenvalue weighted by molar-refractivity contribution is 8.27. The molecule has 1 heterocycles. The summed E-state index contributed by atoms with van der Waals surface area (Å²) in [6.45, 7) is 2.77. The lowest BCUT2D eigenvalue weighted by Gasteiger charge is -2.16. The van der Waals surface area contributed by atoms with Crippen LogP contribution in [0.4, 0.5) is 5.69 Å². The van der Waals surface area contributed by atoms with Gasteiger partial charge in [-0.15, -0.1) is 0 Å². The van der Waals surface area contributed by atoms with Gasteiger partial charge in [0, 0.05) is 0 Å². The van der Waals surface area contributed by atoms with Crippen LogP contribution >= 0.6 is 24.0 Å². The number of nitrogens with zero attached hydrogens (tertiary/aromatic N) is 1. The van der Waals surface area contributed by atoms with Crippen molar-refractivity contribution in [3.63, 3.8) is 0 Å². The maximum Gasteiger partial charge on any atom is 0.270 e. The standard InChI is InChI=1S/C26H23NO4S2/c1-18-6-3-4-9-23(18)27-25(28)24(33-26(27)32)17-19-7-5-8-22(16-19)31-15-14-30-21-12-10-20(29-2)11-13-21/h3-13,16-17H,14-15H2,1-2H3/b24-17-. The number of thioether (sulfide) groups is 1. The Hall–Kier alpha value is -3.29. The Morgan fingerprint density at radius 2 is 1.61 bits per heavy atom. The zero-order valence-electron chi connectivity index (χ0n) is 18.3. The van der Waals surface area contributed by atoms with Crippen LogP contribution in [0, 0.1) is 6.92 Å². The number of amides is 1. The topological polar surface area (TPSA) is 48.0 Å². The van der Waals surface area contributed by atoms with Gasteiger partial charge in [0.1, 0.15) is 30.5 Å². The molecule has 0 spiro atoms. The number of carbonyl (C=O) groups excluding carboxylic acids is 1. The number of carbonyl (C=O) groups is 1. The predicted molar refractivity (Wildman–Crippen MR) is 137 cm³/mol. The Balaban J connectivity index is 1.37. The fourth-order valence-corrected chi connectivity index (χ4v) is 4.61. The molecule has 1 amide bonds. The van der Waals surface area contributed by atoms with E-state index in [1.165, 1.54) is 11.8 Å². The van der Waals surface area contributed by atoms with E-state index in [4.69, 9.17) is 26.4 Å². The van der Waals surface area contributed by atoms with E-state index in [-0.39, 0.29) is 5.91 Å². The maximum atomic E-state index is 13.0. The van der Waals surface area contributed by atoms with Crippen LogP contribution in [0.15, 0.2) is 77.7 Å². The van der Waals surface area contributed by atoms with Crippen molar-refractivity contribution in [3.8, 4) is 17.2 Å². The van der Waals surface area contributed by atoms with Gasteiger partial charge >= 0.3 is 0 Å². The minimum atomic E-state index is -0.112. The van der Waals surface area contributed by atoms with Gasteiger partial charge in [0.25, 0.3) is 5.91 Å². The monoisotopic (exact) mass is 477 g/mol. The molecule has 33 heavy (non-hydrogen) atoms. The molecule has 4 rings (SSSR count). The lowest BCUT2D eigenvalue weighted by atomic mass is 10.1. The number of benzene rings is 3. The summed E-state index contributed by atoms with van der Waals surface area (Å²) in [5.41, 5.74) is 2.69. The van der Waals surface area contributed by atoms with Crippen molar-refractivity contribution in [3.05, 3.63) is 88.8 Å². The molecule has 0 atom stereocenters. The first-order valence-electron chi connectivity index (χ1n) is 10.4. The van der Waals surface area contributed by atoms with Gasteiger partial charge in [0.05, 0.1) is 17.7 Å². The third-order valence-corrected chi connectivity index (χ3v) is 6.29. The highest BCUT2D eigenvalue weighted by atomic mass is 32.2. The Kier molecular flexibility index (Phi) is 7.32. The maximum absolute atomic E-state index is 13.0. The number of anilines is 1. The Morgan fingerprint density at radius 3 is 2.33 bits per heavy atom. The van der Waals surface area contributed by atoms with E-state index in [2.05, 4.69) is 0 Å². The van der Waals surface area contributed by atoms with Crippen LogP contribution in [0.5, 0.6) is 17.2 Å². The van der Waals surface area contributed by atoms with Crippen LogP contribution < -0.4 is 19.1 Å². The highest BCUT2D eigenvalue weighted by Crippen LogP contribution is 2.37. The number of thiocarbonyl (C=S) groups is 1. The third kappa shape index (κ3) is 5.56. The summed E-state index contributed by atoms with van der Waals surface area (Å²) in [7, 11) is 1.63. The van der Waals surface area contributed by atoms with Crippen LogP contribution in [-0.2, 0) is 4.79 Å². The molecular formula is C26H23NO4S2. The number of aryl methyl sites for hydroxylation is 1. The highest BCUT2D eigenvalue weighted by Gasteiger charge is 2.33. The molecule has 0 radical (unpaired) electrons. The molecule has 1 saturated heterocycles. The van der Waals surface area contributed by atoms with Crippen LogP contribution in [0.2, 0.25) is 0 Å². The van der Waals surface area contributed by atoms with E-state index >= 15 is 0 Å². The first kappa shape index (κ1) is 22.9. The lowest BCUT2D eigenvalue weighted by molar-refractivity contribution is -0.113. The quantitative estimate of drug-likeness (QED) is 0.230. The summed E-state index contributed by atoms with van der Waals surface area (Å²) in [4.78, 5) is 15.2. The molecule has 0 N–H and O–H groups in total. The predicted octanol–water partition coefficient (Wildman–Crippen LogP) is 5.87. The Morgan fingerprint density at radius 1 is 0.909 bits per heavy atom. The SMILES string of the molecule is COc1ccc(OCCOc2cccc(/C=C3\SC(=S)N(c4ccccc4C)C3=O)c2)cc1. The fourth-order valence-electron chi connectivity index (χ4n) is 3.33. The smallest absolute Gasteiger partial charge is 0.270 e. The molecule has 5 nitrogen and oxygen atoms in total. The van der Waals surface area contributed by atoms with Gasteiger partial charge in [-0.3, -0.25) is 9.69 Å². The third-order valence-electron chi connectivity index (χ3n) is 4.99. The second-order valence-corrected chi connectivity index (χ2v) is 8.92. The van der Waals surface area contributed by atoms with E-state index in [1.807, 2.05) is 85.8 Å². The summed E-state index contributed by atoms with van der Waals surface area (Å²) in [6.07, 6.45) is 1.85. The largest absolute Gasteiger partial charge is 0.497 e. The van der Waals surface area contributed by atoms with Gasteiger partial charge in [0.2, 0.25) is 0 Å². The second-order valence-electron chi connectivity index (χ2n) is 7.25. The number of hydrogen-bond acceptors (Lipinski definition) is 6. The van der Waals surface area contributed by atoms with E-state index in [0.29, 0.717) is 28.2 Å². The molecule has 1 fully saturated rings. The molecule has 0 aromatic heterocycles. The van der Waals surface area contributed by atoms with E-state index in [1.54, 1.807) is 12.0 Å². The summed E-state index contributed by atoms with van der Waals surface area (Å²) >= 11 is 6.79. The van der Waals surface area contributed by atoms with Gasteiger partial charge < -0.3 is 14.2 Å². The zero-order valence-corrected chi connectivity index (χ0v) is 19.9. The van der Waals surface area contributed by atoms with Crippen LogP contribution in [0.3, 0.4) is 0 Å². The molecule has 7 heteroatoms. The van der Waals surface area contributed by atoms with Crippen molar-refractivity contribution in [2.24, 2.45) is 0 Å². The average molecular weight is 478 g/mol. The molecule has 1 aliphatic rings. The van der Waals surface area contributed by atoms with Gasteiger partial charge in [-0.1, -0.05) is 54.3 Å². The van der Waals surface area contributed by atoms with Crippen molar-refractivity contribution in [1.82, 2.24) is 0 Å². The Labute approximate surface area is 203 Å². The Bertz CT molecular complexity index is 1190. The van der Waals surface area contributed by atoms with Gasteiger partial charge in [-0.2, -0.15) is 0 Å². The molecule has 3 aromatic carbocycles. The van der Waals surface area contributed by atoms with E-state index in [9.17, 15) is 4.79 Å². The zero-order chi connectivity index (χ0) is 23.2. The normalized spacial score (nSPS) is 14.6. The van der Waals surface area contributed by atoms with Crippen molar-refractivity contribution in [2.75, 3.05) is 25.2 Å². The van der Waals surface area contributed by atoms with Crippen molar-refractivity contribution in [1.29, 1.82) is 0 Å². The number of methoxy groups -OCH3 is 1. The minimum Gasteiger partial charge on any atom is -0.497 e. The number of para-hydroxylation sites is 1. The second kappa shape index (κ2) is 10.6. The number of rotatable bonds is 8. The van der Waals surface area contributed by atoms with Crippen LogP contribution in [0.1, 0.15) is 11.1 Å². The van der Waals surface area contributed by atoms with E-state index < -0.39 is 0 Å². The van der Waals surface area contributed by atoms with Gasteiger partial charge in [0.15, 0.2) is 4.32 Å². The lowest BCUT2D eigenvalue weighted by Crippen LogP contribution is -2.28. The first-order chi connectivity index (χ1) is 16.0. The fraction of sp³-hybridized carbons (Fsp3) is 0.154. The molecule has 1 aliphatic heterocycles. The van der Waals surface area contributed by atoms with E-state index in [0.717, 1.165) is 28.3 Å². The summed E-state index contributed by atoms with van der Waals surface area (Å²) < 4.78 is 17.2. The summed E-state index contributed by atoms with van der Waals surface area (Å²) in [5.74, 6) is 2.13. The molecule has 168 valence electrons. The van der Waals surface area contributed by atoms with Crippen molar-refractivity contribution in [2.45, 2.75) is 6.92 Å². The van der Waals surface area contributed by atoms with Crippen molar-refractivity contribution >= 4 is 46.0 Å². The summed E-state index contributed by atoms with van der Waals surface area (Å²) in [6, 6.07) is 22.7. The first-order valence-corrected chi connectivity index (χ1v) is 11.6. The summed E-state index contributed by atoms with van der Waals surface area (Å²) in [5, 5.41) is 0. The number of hydrogen-bond donors (Lipinski definition) is 0. The number of ether oxygens (including phenoxy) is 3. The van der Waals surface area contributed by atoms with Gasteiger partial charge in [-0.25, -0.2) is 0 Å². The molecule has 0 bridgehead atoms. The minimum absolute atomic E-state index is 0.112. The van der Waals surface area contributed by atoms with Gasteiger partial charge in [-0.05, 0) is 66.6 Å². The molecule has 0 saturated carbocycles. The molecule has 3 aromatic rings. The van der Waals surface area contributed by atoms with Crippen LogP contribution in [0.25, 0.3) is 6.08 Å². The average Bonchev–Trinajstić information content (AvgIpc) is 3.10.